The number of nitrogens with two attached hydrogens (primary N) is 1. The van der Waals surface area contributed by atoms with Crippen molar-refractivity contribution < 1.29 is 4.79 Å². The molecule has 1 amide bonds. The highest BCUT2D eigenvalue weighted by Gasteiger charge is 2.24. The van der Waals surface area contributed by atoms with Gasteiger partial charge >= 0.3 is 0 Å². The number of rotatable bonds is 3. The molecule has 3 N–H and O–H groups in total. The molecule has 1 aromatic heterocycles. The van der Waals surface area contributed by atoms with E-state index in [-0.39, 0.29) is 17.9 Å². The summed E-state index contributed by atoms with van der Waals surface area (Å²) in [5.41, 5.74) is 7.59. The van der Waals surface area contributed by atoms with Gasteiger partial charge in [-0.25, -0.2) is 0 Å². The topological polar surface area (TPSA) is 85.8 Å². The fraction of sp³-hybridized carbons (Fsp3) is 0.400. The normalized spacial score (nSPS) is 22.0. The fourth-order valence-electron chi connectivity index (χ4n) is 2.70. The van der Waals surface area contributed by atoms with Crippen molar-refractivity contribution >= 4 is 11.6 Å². The van der Waals surface area contributed by atoms with Gasteiger partial charge in [-0.1, -0.05) is 6.07 Å². The van der Waals surface area contributed by atoms with E-state index < -0.39 is 0 Å². The summed E-state index contributed by atoms with van der Waals surface area (Å²) in [5.74, 6) is 0.158. The Morgan fingerprint density at radius 3 is 2.62 bits per heavy atom. The van der Waals surface area contributed by atoms with E-state index >= 15 is 0 Å². The highest BCUT2D eigenvalue weighted by molar-refractivity contribution is 5.92. The first-order valence-corrected chi connectivity index (χ1v) is 7.24. The predicted octanol–water partition coefficient (Wildman–Crippen LogP) is 1.72. The molecule has 21 heavy (non-hydrogen) atoms. The molecule has 0 aliphatic heterocycles. The average molecular weight is 285 g/mol. The quantitative estimate of drug-likeness (QED) is 0.899. The van der Waals surface area contributed by atoms with Gasteiger partial charge in [0, 0.05) is 17.6 Å². The Morgan fingerprint density at radius 1 is 1.19 bits per heavy atom. The molecule has 6 heteroatoms. The fourth-order valence-corrected chi connectivity index (χ4v) is 2.70. The van der Waals surface area contributed by atoms with Crippen LogP contribution in [0, 0.1) is 5.92 Å². The van der Waals surface area contributed by atoms with E-state index in [1.165, 1.54) is 0 Å². The standard InChI is InChI=1S/C15H19N5O/c16-12-6-4-11(5-7-12)15(21)19-13-2-1-3-14(8-13)20-9-17-18-10-20/h1-3,8-12H,4-7,16H2,(H,19,21). The number of aromatic nitrogens is 3. The lowest BCUT2D eigenvalue weighted by Gasteiger charge is -2.25. The Hall–Kier alpha value is -2.21. The van der Waals surface area contributed by atoms with Crippen LogP contribution in [0.3, 0.4) is 0 Å². The van der Waals surface area contributed by atoms with Crippen molar-refractivity contribution in [1.82, 2.24) is 14.8 Å². The highest BCUT2D eigenvalue weighted by atomic mass is 16.1. The number of hydrogen-bond donors (Lipinski definition) is 2. The van der Waals surface area contributed by atoms with Gasteiger partial charge in [0.2, 0.25) is 5.91 Å². The van der Waals surface area contributed by atoms with Crippen molar-refractivity contribution in [1.29, 1.82) is 0 Å². The number of carbonyl (C=O) groups is 1. The summed E-state index contributed by atoms with van der Waals surface area (Å²) in [6.45, 7) is 0. The first kappa shape index (κ1) is 13.8. The van der Waals surface area contributed by atoms with Gasteiger partial charge in [0.15, 0.2) is 0 Å². The van der Waals surface area contributed by atoms with Gasteiger partial charge in [0.05, 0.1) is 5.69 Å². The van der Waals surface area contributed by atoms with Gasteiger partial charge in [-0.2, -0.15) is 0 Å². The van der Waals surface area contributed by atoms with E-state index in [0.29, 0.717) is 0 Å². The first-order valence-electron chi connectivity index (χ1n) is 7.24. The molecule has 0 bridgehead atoms. The lowest BCUT2D eigenvalue weighted by Crippen LogP contribution is -2.32. The maximum absolute atomic E-state index is 12.3. The predicted molar refractivity (Wildman–Crippen MR) is 79.9 cm³/mol. The molecular formula is C15H19N5O. The number of anilines is 1. The Balaban J connectivity index is 1.67. The molecular weight excluding hydrogens is 266 g/mol. The van der Waals surface area contributed by atoms with Crippen LogP contribution in [0.5, 0.6) is 0 Å². The third kappa shape index (κ3) is 3.28. The summed E-state index contributed by atoms with van der Waals surface area (Å²) in [5, 5.41) is 10.6. The smallest absolute Gasteiger partial charge is 0.227 e. The summed E-state index contributed by atoms with van der Waals surface area (Å²) in [6, 6.07) is 7.90. The lowest BCUT2D eigenvalue weighted by atomic mass is 9.86. The summed E-state index contributed by atoms with van der Waals surface area (Å²) in [7, 11) is 0. The van der Waals surface area contributed by atoms with Gasteiger partial charge in [0.1, 0.15) is 12.7 Å². The zero-order chi connectivity index (χ0) is 14.7. The zero-order valence-corrected chi connectivity index (χ0v) is 11.8. The number of benzene rings is 1. The number of carbonyl (C=O) groups excluding carboxylic acids is 1. The minimum atomic E-state index is 0.0726. The second-order valence-electron chi connectivity index (χ2n) is 5.52. The van der Waals surface area contributed by atoms with Gasteiger partial charge in [0.25, 0.3) is 0 Å². The number of hydrogen-bond acceptors (Lipinski definition) is 4. The molecule has 2 aromatic rings. The second kappa shape index (κ2) is 6.05. The zero-order valence-electron chi connectivity index (χ0n) is 11.8. The molecule has 1 aromatic carbocycles. The van der Waals surface area contributed by atoms with Crippen LogP contribution < -0.4 is 11.1 Å². The molecule has 0 radical (unpaired) electrons. The van der Waals surface area contributed by atoms with Gasteiger partial charge in [-0.05, 0) is 43.9 Å². The molecule has 1 aliphatic carbocycles. The summed E-state index contributed by atoms with van der Waals surface area (Å²) < 4.78 is 1.80. The monoisotopic (exact) mass is 285 g/mol. The third-order valence-electron chi connectivity index (χ3n) is 3.97. The Labute approximate surface area is 123 Å². The third-order valence-corrected chi connectivity index (χ3v) is 3.97. The van der Waals surface area contributed by atoms with Crippen molar-refractivity contribution in [3.63, 3.8) is 0 Å². The molecule has 0 atom stereocenters. The van der Waals surface area contributed by atoms with Crippen LogP contribution in [0.4, 0.5) is 5.69 Å². The number of nitrogens with one attached hydrogen (secondary N) is 1. The van der Waals surface area contributed by atoms with E-state index in [9.17, 15) is 4.79 Å². The van der Waals surface area contributed by atoms with Crippen molar-refractivity contribution in [2.24, 2.45) is 11.7 Å². The van der Waals surface area contributed by atoms with Crippen LogP contribution in [0.2, 0.25) is 0 Å². The second-order valence-corrected chi connectivity index (χ2v) is 5.52. The molecule has 1 saturated carbocycles. The molecule has 6 nitrogen and oxygen atoms in total. The Bertz CT molecular complexity index is 602. The molecule has 0 spiro atoms. The van der Waals surface area contributed by atoms with Crippen LogP contribution in [0.25, 0.3) is 5.69 Å². The Kier molecular flexibility index (Phi) is 3.96. The van der Waals surface area contributed by atoms with Crippen LogP contribution >= 0.6 is 0 Å². The minimum Gasteiger partial charge on any atom is -0.328 e. The van der Waals surface area contributed by atoms with Gasteiger partial charge < -0.3 is 11.1 Å². The van der Waals surface area contributed by atoms with E-state index in [1.54, 1.807) is 17.2 Å². The van der Waals surface area contributed by atoms with Gasteiger partial charge in [-0.15, -0.1) is 10.2 Å². The van der Waals surface area contributed by atoms with E-state index in [2.05, 4.69) is 15.5 Å². The van der Waals surface area contributed by atoms with Crippen molar-refractivity contribution in [2.45, 2.75) is 31.7 Å². The van der Waals surface area contributed by atoms with Crippen LogP contribution in [-0.4, -0.2) is 26.7 Å². The van der Waals surface area contributed by atoms with Crippen LogP contribution in [0.15, 0.2) is 36.9 Å². The molecule has 1 heterocycles. The molecule has 110 valence electrons. The van der Waals surface area contributed by atoms with Gasteiger partial charge in [-0.3, -0.25) is 9.36 Å². The minimum absolute atomic E-state index is 0.0726. The highest BCUT2D eigenvalue weighted by Crippen LogP contribution is 2.25. The van der Waals surface area contributed by atoms with E-state index in [0.717, 1.165) is 37.1 Å². The molecule has 0 saturated heterocycles. The number of amides is 1. The molecule has 1 fully saturated rings. The molecule has 0 unspecified atom stereocenters. The molecule has 1 aliphatic rings. The maximum atomic E-state index is 12.3. The maximum Gasteiger partial charge on any atom is 0.227 e. The van der Waals surface area contributed by atoms with Crippen LogP contribution in [-0.2, 0) is 4.79 Å². The largest absolute Gasteiger partial charge is 0.328 e. The summed E-state index contributed by atoms with van der Waals surface area (Å²) in [4.78, 5) is 12.3. The van der Waals surface area contributed by atoms with Crippen LogP contribution in [0.1, 0.15) is 25.7 Å². The number of nitrogens with zero attached hydrogens (tertiary/aromatic N) is 3. The van der Waals surface area contributed by atoms with E-state index in [1.807, 2.05) is 24.3 Å². The average Bonchev–Trinajstić information content (AvgIpc) is 3.02. The SMILES string of the molecule is NC1CCC(C(=O)Nc2cccc(-n3cnnc3)c2)CC1. The van der Waals surface area contributed by atoms with E-state index in [4.69, 9.17) is 5.73 Å². The Morgan fingerprint density at radius 2 is 1.90 bits per heavy atom. The van der Waals surface area contributed by atoms with Crippen molar-refractivity contribution in [2.75, 3.05) is 5.32 Å². The van der Waals surface area contributed by atoms with Crippen molar-refractivity contribution in [3.8, 4) is 5.69 Å². The summed E-state index contributed by atoms with van der Waals surface area (Å²) in [6.07, 6.45) is 6.86. The molecule has 3 rings (SSSR count). The van der Waals surface area contributed by atoms with Crippen molar-refractivity contribution in [3.05, 3.63) is 36.9 Å². The lowest BCUT2D eigenvalue weighted by molar-refractivity contribution is -0.120. The summed E-state index contributed by atoms with van der Waals surface area (Å²) >= 11 is 0. The first-order chi connectivity index (χ1) is 10.2.